The lowest BCUT2D eigenvalue weighted by Gasteiger charge is -2.21. The number of nitrogens with zero attached hydrogens (tertiary/aromatic N) is 1. The summed E-state index contributed by atoms with van der Waals surface area (Å²) >= 11 is 5.89. The van der Waals surface area contributed by atoms with Crippen molar-refractivity contribution in [2.75, 3.05) is 18.8 Å². The van der Waals surface area contributed by atoms with Crippen LogP contribution in [0.25, 0.3) is 0 Å². The van der Waals surface area contributed by atoms with Crippen LogP contribution in [0.5, 0.6) is 0 Å². The predicted octanol–water partition coefficient (Wildman–Crippen LogP) is 3.57. The molecule has 1 aromatic rings. The molecule has 3 nitrogen and oxygen atoms in total. The molecule has 1 amide bonds. The first-order valence-electron chi connectivity index (χ1n) is 6.96. The van der Waals surface area contributed by atoms with Crippen molar-refractivity contribution in [3.05, 3.63) is 28.8 Å². The van der Waals surface area contributed by atoms with Crippen LogP contribution < -0.4 is 5.73 Å². The van der Waals surface area contributed by atoms with Crippen LogP contribution in [0.2, 0.25) is 5.02 Å². The largest absolute Gasteiger partial charge is 0.398 e. The Bertz CT molecular complexity index is 461. The van der Waals surface area contributed by atoms with Gasteiger partial charge in [-0.25, -0.2) is 0 Å². The molecule has 104 valence electrons. The molecule has 19 heavy (non-hydrogen) atoms. The monoisotopic (exact) mass is 280 g/mol. The van der Waals surface area contributed by atoms with E-state index in [2.05, 4.69) is 6.92 Å². The van der Waals surface area contributed by atoms with E-state index in [1.54, 1.807) is 18.2 Å². The highest BCUT2D eigenvalue weighted by Gasteiger charge is 2.21. The van der Waals surface area contributed by atoms with E-state index in [0.29, 0.717) is 16.3 Å². The summed E-state index contributed by atoms with van der Waals surface area (Å²) in [6.07, 6.45) is 4.62. The Morgan fingerprint density at radius 3 is 2.89 bits per heavy atom. The van der Waals surface area contributed by atoms with E-state index in [1.165, 1.54) is 12.8 Å². The molecule has 0 aromatic heterocycles. The summed E-state index contributed by atoms with van der Waals surface area (Å²) in [5, 5.41) is 0.499. The normalized spacial score (nSPS) is 20.1. The van der Waals surface area contributed by atoms with Gasteiger partial charge in [0, 0.05) is 18.7 Å². The van der Waals surface area contributed by atoms with E-state index >= 15 is 0 Å². The van der Waals surface area contributed by atoms with E-state index in [1.807, 2.05) is 4.90 Å². The summed E-state index contributed by atoms with van der Waals surface area (Å²) < 4.78 is 0. The van der Waals surface area contributed by atoms with Crippen molar-refractivity contribution >= 4 is 23.2 Å². The lowest BCUT2D eigenvalue weighted by atomic mass is 9.98. The van der Waals surface area contributed by atoms with Gasteiger partial charge in [-0.3, -0.25) is 4.79 Å². The molecular formula is C15H21ClN2O. The predicted molar refractivity (Wildman–Crippen MR) is 79.4 cm³/mol. The Morgan fingerprint density at radius 2 is 2.21 bits per heavy atom. The molecule has 1 saturated heterocycles. The molecule has 0 radical (unpaired) electrons. The van der Waals surface area contributed by atoms with Crippen LogP contribution in [0.3, 0.4) is 0 Å². The Labute approximate surface area is 119 Å². The van der Waals surface area contributed by atoms with Crippen LogP contribution >= 0.6 is 11.6 Å². The highest BCUT2D eigenvalue weighted by molar-refractivity contribution is 6.33. The van der Waals surface area contributed by atoms with Gasteiger partial charge in [-0.2, -0.15) is 0 Å². The number of amides is 1. The van der Waals surface area contributed by atoms with Gasteiger partial charge < -0.3 is 10.6 Å². The molecule has 1 unspecified atom stereocenters. The van der Waals surface area contributed by atoms with E-state index in [0.717, 1.165) is 31.8 Å². The SMILES string of the molecule is CCC1CCCN(C(=O)c2ccc(Cl)c(N)c2)CC1. The van der Waals surface area contributed by atoms with Gasteiger partial charge in [0.1, 0.15) is 0 Å². The Kier molecular flexibility index (Phi) is 4.70. The number of hydrogen-bond acceptors (Lipinski definition) is 2. The van der Waals surface area contributed by atoms with E-state index in [-0.39, 0.29) is 5.91 Å². The first kappa shape index (κ1) is 14.2. The van der Waals surface area contributed by atoms with Crippen LogP contribution in [0.1, 0.15) is 43.0 Å². The van der Waals surface area contributed by atoms with Crippen molar-refractivity contribution in [3.63, 3.8) is 0 Å². The van der Waals surface area contributed by atoms with Gasteiger partial charge in [-0.1, -0.05) is 24.9 Å². The molecule has 1 fully saturated rings. The Morgan fingerprint density at radius 1 is 1.42 bits per heavy atom. The molecule has 0 aliphatic carbocycles. The molecule has 0 bridgehead atoms. The minimum absolute atomic E-state index is 0.0696. The highest BCUT2D eigenvalue weighted by Crippen LogP contribution is 2.23. The number of benzene rings is 1. The fourth-order valence-corrected chi connectivity index (χ4v) is 2.75. The van der Waals surface area contributed by atoms with Gasteiger partial charge in [0.25, 0.3) is 5.91 Å². The molecule has 0 spiro atoms. The summed E-state index contributed by atoms with van der Waals surface area (Å²) in [4.78, 5) is 14.4. The van der Waals surface area contributed by atoms with Crippen molar-refractivity contribution in [2.24, 2.45) is 5.92 Å². The fraction of sp³-hybridized carbons (Fsp3) is 0.533. The number of nitrogens with two attached hydrogens (primary N) is 1. The molecule has 2 N–H and O–H groups in total. The number of anilines is 1. The second-order valence-electron chi connectivity index (χ2n) is 5.23. The maximum Gasteiger partial charge on any atom is 0.253 e. The summed E-state index contributed by atoms with van der Waals surface area (Å²) in [5.41, 5.74) is 6.86. The topological polar surface area (TPSA) is 46.3 Å². The first-order chi connectivity index (χ1) is 9.11. The molecule has 2 rings (SSSR count). The third-order valence-corrected chi connectivity index (χ3v) is 4.30. The molecule has 4 heteroatoms. The van der Waals surface area contributed by atoms with Crippen molar-refractivity contribution in [1.29, 1.82) is 0 Å². The second-order valence-corrected chi connectivity index (χ2v) is 5.64. The summed E-state index contributed by atoms with van der Waals surface area (Å²) in [6, 6.07) is 5.12. The zero-order chi connectivity index (χ0) is 13.8. The fourth-order valence-electron chi connectivity index (χ4n) is 2.64. The number of likely N-dealkylation sites (tertiary alicyclic amines) is 1. The van der Waals surface area contributed by atoms with Crippen LogP contribution in [0.15, 0.2) is 18.2 Å². The number of carbonyl (C=O) groups excluding carboxylic acids is 1. The molecule has 1 atom stereocenters. The molecule has 0 saturated carbocycles. The first-order valence-corrected chi connectivity index (χ1v) is 7.34. The summed E-state index contributed by atoms with van der Waals surface area (Å²) in [5.74, 6) is 0.827. The maximum atomic E-state index is 12.4. The lowest BCUT2D eigenvalue weighted by molar-refractivity contribution is 0.0760. The standard InChI is InChI=1S/C15H21ClN2O/c1-2-11-4-3-8-18(9-7-11)15(19)12-5-6-13(16)14(17)10-12/h5-6,10-11H,2-4,7-9,17H2,1H3. The van der Waals surface area contributed by atoms with Gasteiger partial charge >= 0.3 is 0 Å². The minimum atomic E-state index is 0.0696. The van der Waals surface area contributed by atoms with Gasteiger partial charge in [0.05, 0.1) is 10.7 Å². The zero-order valence-corrected chi connectivity index (χ0v) is 12.1. The highest BCUT2D eigenvalue weighted by atomic mass is 35.5. The maximum absolute atomic E-state index is 12.4. The van der Waals surface area contributed by atoms with Gasteiger partial charge in [0.2, 0.25) is 0 Å². The third-order valence-electron chi connectivity index (χ3n) is 3.96. The second kappa shape index (κ2) is 6.29. The number of hydrogen-bond donors (Lipinski definition) is 1. The van der Waals surface area contributed by atoms with Crippen molar-refractivity contribution in [3.8, 4) is 0 Å². The third kappa shape index (κ3) is 3.41. The van der Waals surface area contributed by atoms with Crippen LogP contribution in [0.4, 0.5) is 5.69 Å². The molecule has 1 aliphatic rings. The van der Waals surface area contributed by atoms with Crippen molar-refractivity contribution in [2.45, 2.75) is 32.6 Å². The smallest absolute Gasteiger partial charge is 0.253 e. The van der Waals surface area contributed by atoms with E-state index in [4.69, 9.17) is 17.3 Å². The van der Waals surface area contributed by atoms with Crippen molar-refractivity contribution in [1.82, 2.24) is 4.90 Å². The van der Waals surface area contributed by atoms with E-state index < -0.39 is 0 Å². The van der Waals surface area contributed by atoms with E-state index in [9.17, 15) is 4.79 Å². The molecule has 1 aromatic carbocycles. The number of carbonyl (C=O) groups is 1. The minimum Gasteiger partial charge on any atom is -0.398 e. The Hall–Kier alpha value is -1.22. The Balaban J connectivity index is 2.08. The van der Waals surface area contributed by atoms with Gasteiger partial charge in [0.15, 0.2) is 0 Å². The van der Waals surface area contributed by atoms with Crippen LogP contribution in [-0.4, -0.2) is 23.9 Å². The average molecular weight is 281 g/mol. The molecule has 1 aliphatic heterocycles. The summed E-state index contributed by atoms with van der Waals surface area (Å²) in [7, 11) is 0. The van der Waals surface area contributed by atoms with Crippen molar-refractivity contribution < 1.29 is 4.79 Å². The summed E-state index contributed by atoms with van der Waals surface area (Å²) in [6.45, 7) is 3.92. The van der Waals surface area contributed by atoms with Gasteiger partial charge in [-0.05, 0) is 43.4 Å². The lowest BCUT2D eigenvalue weighted by Crippen LogP contribution is -2.32. The number of halogens is 1. The quantitative estimate of drug-likeness (QED) is 0.842. The average Bonchev–Trinajstić information content (AvgIpc) is 2.66. The van der Waals surface area contributed by atoms with Crippen LogP contribution in [-0.2, 0) is 0 Å². The molecule has 1 heterocycles. The van der Waals surface area contributed by atoms with Crippen LogP contribution in [0, 0.1) is 5.92 Å². The number of nitrogen functional groups attached to an aromatic ring is 1. The number of rotatable bonds is 2. The zero-order valence-electron chi connectivity index (χ0n) is 11.4. The molecular weight excluding hydrogens is 260 g/mol. The van der Waals surface area contributed by atoms with Gasteiger partial charge in [-0.15, -0.1) is 0 Å².